The molecule has 0 atom stereocenters. The molecule has 0 spiro atoms. The molecule has 142 valence electrons. The molecule has 28 heavy (non-hydrogen) atoms. The van der Waals surface area contributed by atoms with Crippen molar-refractivity contribution in [1.29, 1.82) is 0 Å². The van der Waals surface area contributed by atoms with Crippen molar-refractivity contribution in [2.24, 2.45) is 4.99 Å². The molecule has 0 aliphatic rings. The number of benzene rings is 3. The van der Waals surface area contributed by atoms with Gasteiger partial charge < -0.3 is 9.47 Å². The third kappa shape index (κ3) is 5.30. The Morgan fingerprint density at radius 3 is 2.11 bits per heavy atom. The third-order valence-electron chi connectivity index (χ3n) is 4.04. The molecule has 3 aromatic carbocycles. The molecule has 0 fully saturated rings. The number of rotatable bonds is 5. The normalized spacial score (nSPS) is 12.0. The van der Waals surface area contributed by atoms with Crippen LogP contribution in [0, 0.1) is 19.7 Å². The number of aliphatic imine (C=N–C) groups is 1. The average Bonchev–Trinajstić information content (AvgIpc) is 2.70. The number of halogens is 1. The van der Waals surface area contributed by atoms with Gasteiger partial charge in [-0.25, -0.2) is 9.38 Å². The van der Waals surface area contributed by atoms with Crippen LogP contribution in [0.15, 0.2) is 89.6 Å². The van der Waals surface area contributed by atoms with Gasteiger partial charge >= 0.3 is 0 Å². The molecule has 0 aromatic heterocycles. The van der Waals surface area contributed by atoms with Crippen LogP contribution < -0.4 is 9.47 Å². The molecular weight excluding hydrogens is 353 g/mol. The Balaban J connectivity index is 1.90. The first-order valence-corrected chi connectivity index (χ1v) is 8.99. The Bertz CT molecular complexity index is 990. The van der Waals surface area contributed by atoms with Crippen molar-refractivity contribution in [3.63, 3.8) is 0 Å². The molecule has 3 rings (SSSR count). The van der Waals surface area contributed by atoms with Crippen LogP contribution in [0.1, 0.15) is 18.1 Å². The summed E-state index contributed by atoms with van der Waals surface area (Å²) in [4.78, 5) is 4.54. The average molecular weight is 375 g/mol. The maximum atomic E-state index is 14.1. The van der Waals surface area contributed by atoms with Gasteiger partial charge in [0, 0.05) is 5.57 Å². The standard InChI is InChI=1S/C24H22FNO2/c1-17-8-12-20(13-9-17)26-24(28-23-7-5-4-6-22(23)25)19(3)16-27-21-14-10-18(2)11-15-21/h4-16H,1-3H3. The lowest BCUT2D eigenvalue weighted by Crippen LogP contribution is -2.11. The molecule has 0 unspecified atom stereocenters. The fraction of sp³-hybridized carbons (Fsp3) is 0.125. The van der Waals surface area contributed by atoms with Gasteiger partial charge in [-0.1, -0.05) is 47.5 Å². The molecule has 3 aromatic rings. The van der Waals surface area contributed by atoms with Gasteiger partial charge in [-0.05, 0) is 57.2 Å². The van der Waals surface area contributed by atoms with Gasteiger partial charge in [0.25, 0.3) is 0 Å². The van der Waals surface area contributed by atoms with Gasteiger partial charge in [0.1, 0.15) is 5.75 Å². The molecule has 0 saturated carbocycles. The van der Waals surface area contributed by atoms with Gasteiger partial charge in [0.15, 0.2) is 11.6 Å². The minimum Gasteiger partial charge on any atom is -0.465 e. The highest BCUT2D eigenvalue weighted by Gasteiger charge is 2.11. The largest absolute Gasteiger partial charge is 0.465 e. The van der Waals surface area contributed by atoms with E-state index in [0.717, 1.165) is 11.1 Å². The number of ether oxygens (including phenoxy) is 2. The highest BCUT2D eigenvalue weighted by Crippen LogP contribution is 2.21. The van der Waals surface area contributed by atoms with Crippen molar-refractivity contribution >= 4 is 11.6 Å². The molecule has 0 radical (unpaired) electrons. The zero-order valence-electron chi connectivity index (χ0n) is 16.1. The molecule has 0 aliphatic carbocycles. The van der Waals surface area contributed by atoms with Gasteiger partial charge in [0.2, 0.25) is 5.90 Å². The first kappa shape index (κ1) is 19.4. The fourth-order valence-electron chi connectivity index (χ4n) is 2.38. The Hall–Kier alpha value is -3.40. The number of nitrogens with zero attached hydrogens (tertiary/aromatic N) is 1. The molecule has 4 heteroatoms. The Kier molecular flexibility index (Phi) is 6.22. The Labute approximate surface area is 164 Å². The summed E-state index contributed by atoms with van der Waals surface area (Å²) in [5.74, 6) is 0.620. The Morgan fingerprint density at radius 2 is 1.46 bits per heavy atom. The third-order valence-corrected chi connectivity index (χ3v) is 4.04. The summed E-state index contributed by atoms with van der Waals surface area (Å²) < 4.78 is 25.6. The van der Waals surface area contributed by atoms with Crippen molar-refractivity contribution < 1.29 is 13.9 Å². The van der Waals surface area contributed by atoms with E-state index in [4.69, 9.17) is 9.47 Å². The zero-order chi connectivity index (χ0) is 19.9. The maximum absolute atomic E-state index is 14.1. The number of hydrogen-bond donors (Lipinski definition) is 0. The van der Waals surface area contributed by atoms with Crippen LogP contribution >= 0.6 is 0 Å². The lowest BCUT2D eigenvalue weighted by atomic mass is 10.2. The lowest BCUT2D eigenvalue weighted by Gasteiger charge is -2.11. The van der Waals surface area contributed by atoms with E-state index in [0.29, 0.717) is 17.0 Å². The van der Waals surface area contributed by atoms with Gasteiger partial charge in [0.05, 0.1) is 11.9 Å². The van der Waals surface area contributed by atoms with Crippen LogP contribution in [0.3, 0.4) is 0 Å². The lowest BCUT2D eigenvalue weighted by molar-refractivity contribution is 0.467. The summed E-state index contributed by atoms with van der Waals surface area (Å²) in [6.45, 7) is 5.83. The van der Waals surface area contributed by atoms with Crippen LogP contribution in [0.4, 0.5) is 10.1 Å². The highest BCUT2D eigenvalue weighted by atomic mass is 19.1. The van der Waals surface area contributed by atoms with Gasteiger partial charge in [-0.3, -0.25) is 0 Å². The van der Waals surface area contributed by atoms with E-state index in [1.165, 1.54) is 6.07 Å². The summed E-state index contributed by atoms with van der Waals surface area (Å²) in [6.07, 6.45) is 1.55. The first-order chi connectivity index (χ1) is 13.5. The molecule has 3 nitrogen and oxygen atoms in total. The van der Waals surface area contributed by atoms with E-state index >= 15 is 0 Å². The predicted octanol–water partition coefficient (Wildman–Crippen LogP) is 6.53. The van der Waals surface area contributed by atoms with E-state index < -0.39 is 5.82 Å². The molecule has 0 amide bonds. The van der Waals surface area contributed by atoms with E-state index in [1.807, 2.05) is 69.3 Å². The van der Waals surface area contributed by atoms with Crippen molar-refractivity contribution in [1.82, 2.24) is 0 Å². The molecule has 0 N–H and O–H groups in total. The number of para-hydroxylation sites is 1. The second-order valence-corrected chi connectivity index (χ2v) is 6.52. The van der Waals surface area contributed by atoms with E-state index in [1.54, 1.807) is 24.5 Å². The zero-order valence-corrected chi connectivity index (χ0v) is 16.1. The Morgan fingerprint density at radius 1 is 0.857 bits per heavy atom. The van der Waals surface area contributed by atoms with Crippen molar-refractivity contribution in [3.8, 4) is 11.5 Å². The van der Waals surface area contributed by atoms with E-state index in [9.17, 15) is 4.39 Å². The van der Waals surface area contributed by atoms with Crippen molar-refractivity contribution in [3.05, 3.63) is 102 Å². The minimum absolute atomic E-state index is 0.108. The fourth-order valence-corrected chi connectivity index (χ4v) is 2.38. The minimum atomic E-state index is -0.452. The summed E-state index contributed by atoms with van der Waals surface area (Å²) in [7, 11) is 0. The van der Waals surface area contributed by atoms with E-state index in [2.05, 4.69) is 4.99 Å². The topological polar surface area (TPSA) is 30.8 Å². The molecule has 0 saturated heterocycles. The summed E-state index contributed by atoms with van der Waals surface area (Å²) in [5.41, 5.74) is 3.62. The van der Waals surface area contributed by atoms with Crippen molar-refractivity contribution in [2.45, 2.75) is 20.8 Å². The monoisotopic (exact) mass is 375 g/mol. The predicted molar refractivity (Wildman–Crippen MR) is 111 cm³/mol. The number of hydrogen-bond acceptors (Lipinski definition) is 3. The maximum Gasteiger partial charge on any atom is 0.225 e. The SMILES string of the molecule is CC(=COc1ccc(C)cc1)C(=Nc1ccc(C)cc1)Oc1ccccc1F. The van der Waals surface area contributed by atoms with Crippen LogP contribution in [-0.2, 0) is 0 Å². The first-order valence-electron chi connectivity index (χ1n) is 8.99. The molecular formula is C24H22FNO2. The molecule has 0 aliphatic heterocycles. The summed E-state index contributed by atoms with van der Waals surface area (Å²) in [5, 5.41) is 0. The second kappa shape index (κ2) is 9.00. The van der Waals surface area contributed by atoms with Crippen LogP contribution in [0.25, 0.3) is 0 Å². The van der Waals surface area contributed by atoms with E-state index in [-0.39, 0.29) is 11.6 Å². The molecule has 0 bridgehead atoms. The molecule has 0 heterocycles. The quantitative estimate of drug-likeness (QED) is 0.288. The highest BCUT2D eigenvalue weighted by molar-refractivity contribution is 5.96. The second-order valence-electron chi connectivity index (χ2n) is 6.52. The van der Waals surface area contributed by atoms with Crippen LogP contribution in [0.2, 0.25) is 0 Å². The smallest absolute Gasteiger partial charge is 0.225 e. The van der Waals surface area contributed by atoms with Crippen LogP contribution in [0.5, 0.6) is 11.5 Å². The van der Waals surface area contributed by atoms with Crippen LogP contribution in [-0.4, -0.2) is 5.90 Å². The van der Waals surface area contributed by atoms with Gasteiger partial charge in [-0.2, -0.15) is 0 Å². The van der Waals surface area contributed by atoms with Crippen molar-refractivity contribution in [2.75, 3.05) is 0 Å². The summed E-state index contributed by atoms with van der Waals surface area (Å²) in [6, 6.07) is 21.6. The van der Waals surface area contributed by atoms with Gasteiger partial charge in [-0.15, -0.1) is 0 Å². The summed E-state index contributed by atoms with van der Waals surface area (Å²) >= 11 is 0. The number of aryl methyl sites for hydroxylation is 2.